The zero-order chi connectivity index (χ0) is 19.0. The molecule has 3 aromatic rings. The first-order valence-corrected chi connectivity index (χ1v) is 8.94. The third kappa shape index (κ3) is 3.48. The number of aromatic nitrogens is 1. The molecule has 4 rings (SSSR count). The first-order valence-electron chi connectivity index (χ1n) is 8.94. The molecule has 2 heterocycles. The highest BCUT2D eigenvalue weighted by Gasteiger charge is 2.26. The number of primary amides is 1. The minimum absolute atomic E-state index is 0.147. The van der Waals surface area contributed by atoms with Crippen molar-refractivity contribution in [3.63, 3.8) is 0 Å². The van der Waals surface area contributed by atoms with E-state index in [1.54, 1.807) is 24.3 Å². The molecule has 0 radical (unpaired) electrons. The van der Waals surface area contributed by atoms with Crippen molar-refractivity contribution in [1.82, 2.24) is 9.88 Å². The Hall–Kier alpha value is -2.99. The Balaban J connectivity index is 1.54. The van der Waals surface area contributed by atoms with Crippen LogP contribution in [0.25, 0.3) is 10.9 Å². The molecule has 0 unspecified atom stereocenters. The second-order valence-corrected chi connectivity index (χ2v) is 7.03. The number of carbonyl (C=O) groups is 1. The highest BCUT2D eigenvalue weighted by Crippen LogP contribution is 2.29. The molecule has 2 aromatic carbocycles. The van der Waals surface area contributed by atoms with Crippen LogP contribution < -0.4 is 11.2 Å². The number of hydrogen-bond donors (Lipinski definition) is 2. The van der Waals surface area contributed by atoms with Gasteiger partial charge in [-0.3, -0.25) is 14.5 Å². The Bertz CT molecular complexity index is 1080. The van der Waals surface area contributed by atoms with E-state index >= 15 is 0 Å². The number of amides is 1. The Morgan fingerprint density at radius 2 is 2.04 bits per heavy atom. The summed E-state index contributed by atoms with van der Waals surface area (Å²) in [5.74, 6) is -0.554. The van der Waals surface area contributed by atoms with Crippen LogP contribution in [-0.4, -0.2) is 28.9 Å². The molecule has 5 nitrogen and oxygen atoms in total. The van der Waals surface area contributed by atoms with Crippen LogP contribution >= 0.6 is 0 Å². The van der Waals surface area contributed by atoms with E-state index in [9.17, 15) is 14.0 Å². The van der Waals surface area contributed by atoms with Crippen molar-refractivity contribution >= 4 is 16.8 Å². The first-order chi connectivity index (χ1) is 13.0. The Morgan fingerprint density at radius 1 is 1.22 bits per heavy atom. The summed E-state index contributed by atoms with van der Waals surface area (Å²) in [6, 6.07) is 13.3. The summed E-state index contributed by atoms with van der Waals surface area (Å²) in [5, 5.41) is 0.445. The maximum atomic E-state index is 14.0. The summed E-state index contributed by atoms with van der Waals surface area (Å²) < 4.78 is 14.0. The third-order valence-electron chi connectivity index (χ3n) is 5.18. The maximum Gasteiger partial charge on any atom is 0.248 e. The third-order valence-corrected chi connectivity index (χ3v) is 5.18. The molecule has 0 saturated carbocycles. The van der Waals surface area contributed by atoms with E-state index in [-0.39, 0.29) is 17.2 Å². The Kier molecular flexibility index (Phi) is 4.49. The van der Waals surface area contributed by atoms with Gasteiger partial charge in [0.25, 0.3) is 0 Å². The highest BCUT2D eigenvalue weighted by atomic mass is 19.1. The van der Waals surface area contributed by atoms with Gasteiger partial charge in [0.1, 0.15) is 5.82 Å². The summed E-state index contributed by atoms with van der Waals surface area (Å²) in [6.07, 6.45) is 0.890. The monoisotopic (exact) mass is 365 g/mol. The number of hydrogen-bond acceptors (Lipinski definition) is 3. The van der Waals surface area contributed by atoms with E-state index in [1.165, 1.54) is 12.1 Å². The summed E-state index contributed by atoms with van der Waals surface area (Å²) in [6.45, 7) is 2.19. The quantitative estimate of drug-likeness (QED) is 0.746. The van der Waals surface area contributed by atoms with Crippen molar-refractivity contribution in [1.29, 1.82) is 0 Å². The van der Waals surface area contributed by atoms with Gasteiger partial charge in [0.15, 0.2) is 5.43 Å². The van der Waals surface area contributed by atoms with E-state index in [2.05, 4.69) is 9.88 Å². The highest BCUT2D eigenvalue weighted by molar-refractivity contribution is 5.96. The number of pyridine rings is 1. The van der Waals surface area contributed by atoms with Crippen LogP contribution in [0.1, 0.15) is 34.0 Å². The average molecular weight is 365 g/mol. The molecule has 1 aromatic heterocycles. The van der Waals surface area contributed by atoms with Gasteiger partial charge in [-0.2, -0.15) is 0 Å². The number of nitrogens with one attached hydrogen (secondary N) is 1. The number of nitrogens with zero attached hydrogens (tertiary/aromatic N) is 1. The lowest BCUT2D eigenvalue weighted by Crippen LogP contribution is -2.22. The lowest BCUT2D eigenvalue weighted by molar-refractivity contribution is 0.100. The van der Waals surface area contributed by atoms with Gasteiger partial charge in [0.2, 0.25) is 5.91 Å². The van der Waals surface area contributed by atoms with E-state index in [1.807, 2.05) is 12.1 Å². The summed E-state index contributed by atoms with van der Waals surface area (Å²) in [4.78, 5) is 29.2. The van der Waals surface area contributed by atoms with Gasteiger partial charge in [-0.25, -0.2) is 4.39 Å². The van der Waals surface area contributed by atoms with Crippen LogP contribution in [-0.2, 0) is 6.54 Å². The maximum absolute atomic E-state index is 14.0. The van der Waals surface area contributed by atoms with Gasteiger partial charge in [-0.05, 0) is 42.8 Å². The molecule has 0 bridgehead atoms. The van der Waals surface area contributed by atoms with E-state index < -0.39 is 5.91 Å². The number of halogens is 1. The van der Waals surface area contributed by atoms with Crippen molar-refractivity contribution < 1.29 is 9.18 Å². The number of H-pyrrole nitrogens is 1. The van der Waals surface area contributed by atoms with Crippen molar-refractivity contribution in [2.24, 2.45) is 5.73 Å². The van der Waals surface area contributed by atoms with Gasteiger partial charge >= 0.3 is 0 Å². The van der Waals surface area contributed by atoms with Crippen molar-refractivity contribution in [2.45, 2.75) is 18.9 Å². The predicted octanol–water partition coefficient (Wildman–Crippen LogP) is 2.76. The summed E-state index contributed by atoms with van der Waals surface area (Å²) in [5.41, 5.74) is 7.68. The SMILES string of the molecule is NC(=O)c1ccc2[nH]c(CN3CC[C@H](c4ccccc4F)C3)cc(=O)c2c1. The molecule has 138 valence electrons. The number of nitrogens with two attached hydrogens (primary N) is 1. The zero-order valence-electron chi connectivity index (χ0n) is 14.7. The van der Waals surface area contributed by atoms with E-state index in [0.29, 0.717) is 23.0 Å². The zero-order valence-corrected chi connectivity index (χ0v) is 14.7. The molecule has 1 saturated heterocycles. The topological polar surface area (TPSA) is 79.2 Å². The molecule has 6 heteroatoms. The fourth-order valence-electron chi connectivity index (χ4n) is 3.82. The number of fused-ring (bicyclic) bond motifs is 1. The lowest BCUT2D eigenvalue weighted by atomic mass is 9.98. The lowest BCUT2D eigenvalue weighted by Gasteiger charge is -2.17. The van der Waals surface area contributed by atoms with Crippen molar-refractivity contribution in [3.05, 3.63) is 81.4 Å². The Morgan fingerprint density at radius 3 is 2.81 bits per heavy atom. The molecule has 1 atom stereocenters. The Labute approximate surface area is 155 Å². The molecule has 3 N–H and O–H groups in total. The molecule has 0 aliphatic carbocycles. The number of benzene rings is 2. The minimum atomic E-state index is -0.559. The van der Waals surface area contributed by atoms with Crippen molar-refractivity contribution in [2.75, 3.05) is 13.1 Å². The molecule has 27 heavy (non-hydrogen) atoms. The molecule has 1 fully saturated rings. The van der Waals surface area contributed by atoms with Crippen LogP contribution in [0.3, 0.4) is 0 Å². The normalized spacial score (nSPS) is 17.4. The fourth-order valence-corrected chi connectivity index (χ4v) is 3.82. The van der Waals surface area contributed by atoms with Gasteiger partial charge in [0, 0.05) is 47.2 Å². The largest absolute Gasteiger partial charge is 0.366 e. The number of likely N-dealkylation sites (tertiary alicyclic amines) is 1. The summed E-state index contributed by atoms with van der Waals surface area (Å²) >= 11 is 0. The van der Waals surface area contributed by atoms with Crippen LogP contribution in [0, 0.1) is 5.82 Å². The van der Waals surface area contributed by atoms with E-state index in [0.717, 1.165) is 30.8 Å². The number of aromatic amines is 1. The first kappa shape index (κ1) is 17.4. The molecular weight excluding hydrogens is 345 g/mol. The number of rotatable bonds is 4. The van der Waals surface area contributed by atoms with Crippen LogP contribution in [0.15, 0.2) is 53.3 Å². The minimum Gasteiger partial charge on any atom is -0.366 e. The molecule has 0 spiro atoms. The van der Waals surface area contributed by atoms with Crippen molar-refractivity contribution in [3.8, 4) is 0 Å². The van der Waals surface area contributed by atoms with Gasteiger partial charge < -0.3 is 10.7 Å². The second kappa shape index (κ2) is 6.96. The fraction of sp³-hybridized carbons (Fsp3) is 0.238. The van der Waals surface area contributed by atoms with Crippen LogP contribution in [0.4, 0.5) is 4.39 Å². The van der Waals surface area contributed by atoms with Gasteiger partial charge in [0.05, 0.1) is 0 Å². The molecule has 1 amide bonds. The van der Waals surface area contributed by atoms with Crippen LogP contribution in [0.5, 0.6) is 0 Å². The number of carbonyl (C=O) groups excluding carboxylic acids is 1. The standard InChI is InChI=1S/C21H20FN3O2/c22-18-4-2-1-3-16(18)14-7-8-25(11-14)12-15-10-20(26)17-9-13(21(23)27)5-6-19(17)24-15/h1-6,9-10,14H,7-8,11-12H2,(H2,23,27)(H,24,26)/t14-/m0/s1. The second-order valence-electron chi connectivity index (χ2n) is 7.03. The van der Waals surface area contributed by atoms with Gasteiger partial charge in [-0.1, -0.05) is 18.2 Å². The van der Waals surface area contributed by atoms with E-state index in [4.69, 9.17) is 5.73 Å². The smallest absolute Gasteiger partial charge is 0.248 e. The molecular formula is C21H20FN3O2. The van der Waals surface area contributed by atoms with Crippen LogP contribution in [0.2, 0.25) is 0 Å². The average Bonchev–Trinajstić information content (AvgIpc) is 3.10. The molecule has 1 aliphatic rings. The molecule has 1 aliphatic heterocycles. The van der Waals surface area contributed by atoms with Gasteiger partial charge in [-0.15, -0.1) is 0 Å². The summed E-state index contributed by atoms with van der Waals surface area (Å²) in [7, 11) is 0. The predicted molar refractivity (Wildman–Crippen MR) is 102 cm³/mol.